The van der Waals surface area contributed by atoms with Crippen LogP contribution in [-0.4, -0.2) is 35.3 Å². The van der Waals surface area contributed by atoms with Crippen molar-refractivity contribution in [1.82, 2.24) is 15.6 Å². The van der Waals surface area contributed by atoms with Crippen molar-refractivity contribution in [2.75, 3.05) is 13.3 Å². The number of aliphatic hydroxyl groups is 1. The van der Waals surface area contributed by atoms with E-state index >= 15 is 0 Å². The number of rotatable bonds is 6. The summed E-state index contributed by atoms with van der Waals surface area (Å²) in [5, 5.41) is 14.6. The summed E-state index contributed by atoms with van der Waals surface area (Å²) in [5.74, 6) is -1.99. The van der Waals surface area contributed by atoms with Crippen LogP contribution in [0.1, 0.15) is 24.3 Å². The molecule has 1 aliphatic rings. The van der Waals surface area contributed by atoms with Gasteiger partial charge in [0.05, 0.1) is 17.8 Å². The zero-order valence-electron chi connectivity index (χ0n) is 15.4. The predicted molar refractivity (Wildman–Crippen MR) is 103 cm³/mol. The van der Waals surface area contributed by atoms with Gasteiger partial charge in [0.15, 0.2) is 0 Å². The van der Waals surface area contributed by atoms with Crippen molar-refractivity contribution in [1.29, 1.82) is 0 Å². The number of hydrogen-bond acceptors (Lipinski definition) is 3. The van der Waals surface area contributed by atoms with E-state index in [-0.39, 0.29) is 35.7 Å². The molecule has 1 aromatic heterocycles. The number of carbonyl (C=O) groups is 1. The fraction of sp³-hybridized carbons (Fsp3) is 0.286. The van der Waals surface area contributed by atoms with E-state index in [1.807, 2.05) is 0 Å². The van der Waals surface area contributed by atoms with Crippen LogP contribution in [0.4, 0.5) is 13.2 Å². The van der Waals surface area contributed by atoms with Crippen molar-refractivity contribution < 1.29 is 23.1 Å². The molecule has 1 aliphatic carbocycles. The van der Waals surface area contributed by atoms with E-state index in [0.29, 0.717) is 29.5 Å². The Balaban J connectivity index is 1.64. The highest BCUT2D eigenvalue weighted by molar-refractivity contribution is 5.92. The van der Waals surface area contributed by atoms with E-state index < -0.39 is 18.4 Å². The fourth-order valence-electron chi connectivity index (χ4n) is 3.92. The van der Waals surface area contributed by atoms with Crippen LogP contribution in [-0.2, 0) is 4.79 Å². The molecular weight excluding hydrogens is 383 g/mol. The molecule has 152 valence electrons. The highest BCUT2D eigenvalue weighted by atomic mass is 19.1. The minimum absolute atomic E-state index is 0.0309. The summed E-state index contributed by atoms with van der Waals surface area (Å²) in [5.41, 5.74) is 2.35. The summed E-state index contributed by atoms with van der Waals surface area (Å²) in [6.07, 6.45) is 1.37. The third-order valence-corrected chi connectivity index (χ3v) is 5.37. The second-order valence-corrected chi connectivity index (χ2v) is 7.23. The maximum absolute atomic E-state index is 14.4. The molecule has 0 spiro atoms. The molecule has 0 radical (unpaired) electrons. The van der Waals surface area contributed by atoms with Gasteiger partial charge >= 0.3 is 0 Å². The molecule has 0 bridgehead atoms. The van der Waals surface area contributed by atoms with Gasteiger partial charge < -0.3 is 20.7 Å². The lowest BCUT2D eigenvalue weighted by atomic mass is 9.74. The fourth-order valence-corrected chi connectivity index (χ4v) is 3.92. The minimum Gasteiger partial charge on any atom is -0.377 e. The van der Waals surface area contributed by atoms with Gasteiger partial charge in [-0.3, -0.25) is 4.79 Å². The van der Waals surface area contributed by atoms with Crippen LogP contribution >= 0.6 is 0 Å². The highest BCUT2D eigenvalue weighted by Gasteiger charge is 2.34. The van der Waals surface area contributed by atoms with E-state index in [0.717, 1.165) is 11.6 Å². The van der Waals surface area contributed by atoms with Crippen LogP contribution in [0.25, 0.3) is 22.2 Å². The number of aromatic amines is 1. The second-order valence-electron chi connectivity index (χ2n) is 7.23. The molecule has 0 aliphatic heterocycles. The van der Waals surface area contributed by atoms with Crippen molar-refractivity contribution in [2.45, 2.75) is 24.8 Å². The van der Waals surface area contributed by atoms with Crippen molar-refractivity contribution >= 4 is 16.8 Å². The Hall–Kier alpha value is -2.84. The first-order valence-corrected chi connectivity index (χ1v) is 9.33. The average molecular weight is 403 g/mol. The molecule has 0 unspecified atom stereocenters. The Morgan fingerprint density at radius 2 is 1.83 bits per heavy atom. The molecule has 0 atom stereocenters. The smallest absolute Gasteiger partial charge is 0.235 e. The lowest BCUT2D eigenvalue weighted by Gasteiger charge is -2.36. The molecule has 5 nitrogen and oxygen atoms in total. The maximum Gasteiger partial charge on any atom is 0.235 e. The van der Waals surface area contributed by atoms with Crippen LogP contribution in [0.5, 0.6) is 0 Å². The zero-order chi connectivity index (χ0) is 20.5. The van der Waals surface area contributed by atoms with E-state index in [9.17, 15) is 18.0 Å². The number of halogens is 3. The Morgan fingerprint density at radius 3 is 2.52 bits per heavy atom. The van der Waals surface area contributed by atoms with Gasteiger partial charge in [0.2, 0.25) is 5.91 Å². The van der Waals surface area contributed by atoms with E-state index in [2.05, 4.69) is 15.6 Å². The van der Waals surface area contributed by atoms with Crippen molar-refractivity contribution in [3.05, 3.63) is 59.4 Å². The standard InChI is InChI=1S/C21H20F3N3O2/c22-13-3-1-11(2-4-13)20-19(16-7-14(23)8-17(24)21(16)27-20)12-5-15(6-12)25-9-18(29)26-10-28/h1-4,7-8,12,15,25,27-28H,5-6,9-10H2,(H,26,29). The predicted octanol–water partition coefficient (Wildman–Crippen LogP) is 3.15. The Labute approximate surface area is 164 Å². The molecule has 1 heterocycles. The van der Waals surface area contributed by atoms with E-state index in [1.165, 1.54) is 18.2 Å². The lowest BCUT2D eigenvalue weighted by molar-refractivity contribution is -0.121. The summed E-state index contributed by atoms with van der Waals surface area (Å²) in [4.78, 5) is 14.5. The summed E-state index contributed by atoms with van der Waals surface area (Å²) < 4.78 is 41.6. The first-order chi connectivity index (χ1) is 14.0. The largest absolute Gasteiger partial charge is 0.377 e. The molecule has 4 rings (SSSR count). The normalized spacial score (nSPS) is 18.6. The van der Waals surface area contributed by atoms with Crippen molar-refractivity contribution in [3.63, 3.8) is 0 Å². The maximum atomic E-state index is 14.4. The SMILES string of the molecule is O=C(CNC1CC(c2c(-c3ccc(F)cc3)[nH]c3c(F)cc(F)cc23)C1)NCO. The molecule has 4 N–H and O–H groups in total. The summed E-state index contributed by atoms with van der Waals surface area (Å²) in [7, 11) is 0. The molecule has 2 aromatic carbocycles. The van der Waals surface area contributed by atoms with E-state index in [4.69, 9.17) is 5.11 Å². The molecule has 0 saturated heterocycles. The molecule has 1 amide bonds. The average Bonchev–Trinajstić information content (AvgIpc) is 3.01. The summed E-state index contributed by atoms with van der Waals surface area (Å²) >= 11 is 0. The Morgan fingerprint density at radius 1 is 1.10 bits per heavy atom. The minimum atomic E-state index is -0.677. The topological polar surface area (TPSA) is 77.2 Å². The third-order valence-electron chi connectivity index (χ3n) is 5.37. The van der Waals surface area contributed by atoms with Crippen LogP contribution in [0.15, 0.2) is 36.4 Å². The number of fused-ring (bicyclic) bond motifs is 1. The van der Waals surface area contributed by atoms with Gasteiger partial charge in [0, 0.05) is 17.5 Å². The van der Waals surface area contributed by atoms with Gasteiger partial charge in [-0.05, 0) is 60.2 Å². The summed E-state index contributed by atoms with van der Waals surface area (Å²) in [6, 6.07) is 8.08. The van der Waals surface area contributed by atoms with E-state index in [1.54, 1.807) is 12.1 Å². The van der Waals surface area contributed by atoms with Gasteiger partial charge in [-0.15, -0.1) is 0 Å². The Kier molecular flexibility index (Phi) is 5.29. The molecule has 1 fully saturated rings. The zero-order valence-corrected chi connectivity index (χ0v) is 15.4. The number of amides is 1. The number of carbonyl (C=O) groups excluding carboxylic acids is 1. The number of aromatic nitrogens is 1. The molecular formula is C21H20F3N3O2. The number of nitrogens with one attached hydrogen (secondary N) is 3. The van der Waals surface area contributed by atoms with Crippen LogP contribution in [0.3, 0.4) is 0 Å². The van der Waals surface area contributed by atoms with Crippen LogP contribution in [0.2, 0.25) is 0 Å². The first-order valence-electron chi connectivity index (χ1n) is 9.33. The van der Waals surface area contributed by atoms with Crippen LogP contribution in [0, 0.1) is 17.5 Å². The highest BCUT2D eigenvalue weighted by Crippen LogP contribution is 2.45. The first kappa shape index (κ1) is 19.5. The third kappa shape index (κ3) is 3.86. The van der Waals surface area contributed by atoms with Gasteiger partial charge in [-0.2, -0.15) is 0 Å². The number of aliphatic hydroxyl groups excluding tert-OH is 1. The van der Waals surface area contributed by atoms with Gasteiger partial charge in [0.25, 0.3) is 0 Å². The monoisotopic (exact) mass is 403 g/mol. The number of benzene rings is 2. The van der Waals surface area contributed by atoms with Crippen LogP contribution < -0.4 is 10.6 Å². The molecule has 1 saturated carbocycles. The van der Waals surface area contributed by atoms with Gasteiger partial charge in [0.1, 0.15) is 24.2 Å². The molecule has 3 aromatic rings. The number of hydrogen-bond donors (Lipinski definition) is 4. The molecule has 29 heavy (non-hydrogen) atoms. The van der Waals surface area contributed by atoms with Gasteiger partial charge in [-0.1, -0.05) is 0 Å². The molecule has 8 heteroatoms. The quantitative estimate of drug-likeness (QED) is 0.478. The number of H-pyrrole nitrogens is 1. The van der Waals surface area contributed by atoms with Crippen molar-refractivity contribution in [3.8, 4) is 11.3 Å². The second kappa shape index (κ2) is 7.88. The lowest BCUT2D eigenvalue weighted by Crippen LogP contribution is -2.45. The summed E-state index contributed by atoms with van der Waals surface area (Å²) in [6.45, 7) is -0.332. The van der Waals surface area contributed by atoms with Gasteiger partial charge in [-0.25, -0.2) is 13.2 Å². The Bertz CT molecular complexity index is 1040. The van der Waals surface area contributed by atoms with Crippen molar-refractivity contribution in [2.24, 2.45) is 0 Å².